The molecule has 0 saturated heterocycles. The lowest BCUT2D eigenvalue weighted by molar-refractivity contribution is 0.724. The lowest BCUT2D eigenvalue weighted by Gasteiger charge is -1.96. The average molecular weight is 309 g/mol. The Hall–Kier alpha value is -0.740. The summed E-state index contributed by atoms with van der Waals surface area (Å²) in [6.45, 7) is 0. The van der Waals surface area contributed by atoms with Gasteiger partial charge in [-0.15, -0.1) is 11.3 Å². The van der Waals surface area contributed by atoms with Crippen LogP contribution in [0.2, 0.25) is 0 Å². The first-order valence-corrected chi connectivity index (χ1v) is 7.55. The summed E-state index contributed by atoms with van der Waals surface area (Å²) in [5.41, 5.74) is 2.16. The molecule has 0 aromatic carbocycles. The normalized spacial score (nSPS) is 15.1. The van der Waals surface area contributed by atoms with Crippen LogP contribution in [0.25, 0.3) is 11.3 Å². The van der Waals surface area contributed by atoms with Crippen molar-refractivity contribution in [3.8, 4) is 11.3 Å². The molecule has 2 aromatic rings. The van der Waals surface area contributed by atoms with Crippen LogP contribution in [0.5, 0.6) is 0 Å². The predicted molar refractivity (Wildman–Crippen MR) is 74.1 cm³/mol. The van der Waals surface area contributed by atoms with Crippen LogP contribution in [0.1, 0.15) is 24.3 Å². The molecule has 88 valence electrons. The monoisotopic (exact) mass is 308 g/mol. The Morgan fingerprint density at radius 1 is 1.35 bits per heavy atom. The lowest BCUT2D eigenvalue weighted by atomic mass is 10.2. The third-order valence-electron chi connectivity index (χ3n) is 3.04. The van der Waals surface area contributed by atoms with Gasteiger partial charge in [-0.1, -0.05) is 12.8 Å². The van der Waals surface area contributed by atoms with Crippen LogP contribution in [-0.4, -0.2) is 9.97 Å². The molecule has 0 radical (unpaired) electrons. The molecule has 0 amide bonds. The molecule has 2 nitrogen and oxygen atoms in total. The van der Waals surface area contributed by atoms with Crippen LogP contribution < -0.4 is 0 Å². The van der Waals surface area contributed by atoms with Gasteiger partial charge in [0.2, 0.25) is 0 Å². The molecular formula is C13H13BrN2S. The molecule has 0 N–H and O–H groups in total. The zero-order chi connectivity index (χ0) is 11.7. The van der Waals surface area contributed by atoms with Gasteiger partial charge >= 0.3 is 0 Å². The standard InChI is InChI=1S/C13H13BrN2S/c14-12-5-4-10(7-15-12)11-8-17-13(16-11)6-3-9-1-2-9/h4-5,7-9H,1-3,6H2. The number of halogens is 1. The van der Waals surface area contributed by atoms with E-state index < -0.39 is 0 Å². The summed E-state index contributed by atoms with van der Waals surface area (Å²) < 4.78 is 0.866. The molecule has 1 saturated carbocycles. The maximum absolute atomic E-state index is 4.67. The summed E-state index contributed by atoms with van der Waals surface area (Å²) in [7, 11) is 0. The largest absolute Gasteiger partial charge is 0.249 e. The minimum absolute atomic E-state index is 0.866. The van der Waals surface area contributed by atoms with Gasteiger partial charge in [0.25, 0.3) is 0 Å². The Kier molecular flexibility index (Phi) is 3.25. The van der Waals surface area contributed by atoms with Gasteiger partial charge in [-0.3, -0.25) is 0 Å². The highest BCUT2D eigenvalue weighted by molar-refractivity contribution is 9.10. The number of hydrogen-bond donors (Lipinski definition) is 0. The Morgan fingerprint density at radius 3 is 2.94 bits per heavy atom. The highest BCUT2D eigenvalue weighted by Crippen LogP contribution is 2.34. The number of nitrogens with zero attached hydrogens (tertiary/aromatic N) is 2. The Morgan fingerprint density at radius 2 is 2.24 bits per heavy atom. The van der Waals surface area contributed by atoms with Crippen LogP contribution in [0, 0.1) is 5.92 Å². The second kappa shape index (κ2) is 4.86. The highest BCUT2D eigenvalue weighted by Gasteiger charge is 2.21. The minimum atomic E-state index is 0.866. The van der Waals surface area contributed by atoms with Crippen molar-refractivity contribution in [2.45, 2.75) is 25.7 Å². The summed E-state index contributed by atoms with van der Waals surface area (Å²) in [6.07, 6.45) is 7.17. The third-order valence-corrected chi connectivity index (χ3v) is 4.42. The summed E-state index contributed by atoms with van der Waals surface area (Å²) >= 11 is 5.11. The van der Waals surface area contributed by atoms with Gasteiger partial charge in [-0.2, -0.15) is 0 Å². The number of aromatic nitrogens is 2. The second-order valence-corrected chi connectivity index (χ2v) is 6.23. The second-order valence-electron chi connectivity index (χ2n) is 4.48. The summed E-state index contributed by atoms with van der Waals surface area (Å²) in [4.78, 5) is 8.90. The minimum Gasteiger partial charge on any atom is -0.249 e. The Bertz CT molecular complexity index is 502. The van der Waals surface area contributed by atoms with Crippen molar-refractivity contribution in [1.82, 2.24) is 9.97 Å². The van der Waals surface area contributed by atoms with Crippen LogP contribution in [0.4, 0.5) is 0 Å². The van der Waals surface area contributed by atoms with E-state index in [-0.39, 0.29) is 0 Å². The molecule has 3 rings (SSSR count). The van der Waals surface area contributed by atoms with Crippen molar-refractivity contribution in [3.63, 3.8) is 0 Å². The fourth-order valence-corrected chi connectivity index (χ4v) is 2.88. The number of rotatable bonds is 4. The van der Waals surface area contributed by atoms with Crippen molar-refractivity contribution >= 4 is 27.3 Å². The number of thiazole rings is 1. The lowest BCUT2D eigenvalue weighted by Crippen LogP contribution is -1.86. The molecule has 2 heterocycles. The number of hydrogen-bond acceptors (Lipinski definition) is 3. The average Bonchev–Trinajstić information content (AvgIpc) is 3.06. The maximum atomic E-state index is 4.67. The zero-order valence-corrected chi connectivity index (χ0v) is 11.8. The molecule has 0 unspecified atom stereocenters. The Balaban J connectivity index is 1.72. The molecule has 0 spiro atoms. The van der Waals surface area contributed by atoms with E-state index in [1.807, 2.05) is 12.3 Å². The first-order valence-electron chi connectivity index (χ1n) is 5.87. The van der Waals surface area contributed by atoms with Gasteiger partial charge in [-0.25, -0.2) is 9.97 Å². The molecule has 0 aliphatic heterocycles. The van der Waals surface area contributed by atoms with E-state index in [1.54, 1.807) is 11.3 Å². The van der Waals surface area contributed by atoms with Crippen LogP contribution in [-0.2, 0) is 6.42 Å². The van der Waals surface area contributed by atoms with Crippen LogP contribution in [0.3, 0.4) is 0 Å². The summed E-state index contributed by atoms with van der Waals surface area (Å²) in [5.74, 6) is 0.983. The van der Waals surface area contributed by atoms with Gasteiger partial charge in [0.1, 0.15) is 4.60 Å². The van der Waals surface area contributed by atoms with E-state index in [0.29, 0.717) is 0 Å². The smallest absolute Gasteiger partial charge is 0.106 e. The van der Waals surface area contributed by atoms with Gasteiger partial charge in [0, 0.05) is 17.1 Å². The first kappa shape index (κ1) is 11.4. The molecular weight excluding hydrogens is 296 g/mol. The third kappa shape index (κ3) is 2.93. The molecule has 1 aliphatic rings. The number of pyridine rings is 1. The summed E-state index contributed by atoms with van der Waals surface area (Å²) in [6, 6.07) is 4.01. The maximum Gasteiger partial charge on any atom is 0.106 e. The van der Waals surface area contributed by atoms with Crippen molar-refractivity contribution in [1.29, 1.82) is 0 Å². The van der Waals surface area contributed by atoms with E-state index >= 15 is 0 Å². The molecule has 4 heteroatoms. The quantitative estimate of drug-likeness (QED) is 0.787. The molecule has 17 heavy (non-hydrogen) atoms. The van der Waals surface area contributed by atoms with E-state index in [2.05, 4.69) is 37.3 Å². The van der Waals surface area contributed by atoms with E-state index in [1.165, 1.54) is 24.3 Å². The van der Waals surface area contributed by atoms with Gasteiger partial charge in [0.05, 0.1) is 10.7 Å². The first-order chi connectivity index (χ1) is 8.31. The molecule has 1 fully saturated rings. The van der Waals surface area contributed by atoms with Crippen molar-refractivity contribution in [2.75, 3.05) is 0 Å². The van der Waals surface area contributed by atoms with Gasteiger partial charge in [0.15, 0.2) is 0 Å². The SMILES string of the molecule is Brc1ccc(-c2csc(CCC3CC3)n2)cn1. The topological polar surface area (TPSA) is 25.8 Å². The number of aryl methyl sites for hydroxylation is 1. The fraction of sp³-hybridized carbons (Fsp3) is 0.385. The van der Waals surface area contributed by atoms with Crippen LogP contribution >= 0.6 is 27.3 Å². The van der Waals surface area contributed by atoms with Crippen molar-refractivity contribution in [3.05, 3.63) is 33.3 Å². The van der Waals surface area contributed by atoms with Gasteiger partial charge < -0.3 is 0 Å². The molecule has 2 aromatic heterocycles. The highest BCUT2D eigenvalue weighted by atomic mass is 79.9. The summed E-state index contributed by atoms with van der Waals surface area (Å²) in [5, 5.41) is 3.39. The zero-order valence-electron chi connectivity index (χ0n) is 9.40. The van der Waals surface area contributed by atoms with E-state index in [9.17, 15) is 0 Å². The van der Waals surface area contributed by atoms with Crippen molar-refractivity contribution < 1.29 is 0 Å². The Labute approximate surface area is 113 Å². The van der Waals surface area contributed by atoms with E-state index in [0.717, 1.165) is 28.2 Å². The fourth-order valence-electron chi connectivity index (χ4n) is 1.82. The molecule has 0 bridgehead atoms. The van der Waals surface area contributed by atoms with E-state index in [4.69, 9.17) is 0 Å². The van der Waals surface area contributed by atoms with Gasteiger partial charge in [-0.05, 0) is 46.8 Å². The van der Waals surface area contributed by atoms with Crippen LogP contribution in [0.15, 0.2) is 28.3 Å². The molecule has 1 aliphatic carbocycles. The van der Waals surface area contributed by atoms with Crippen molar-refractivity contribution in [2.24, 2.45) is 5.92 Å². The molecule has 0 atom stereocenters. The predicted octanol–water partition coefficient (Wildman–Crippen LogP) is 4.31.